The van der Waals surface area contributed by atoms with Crippen LogP contribution in [0.2, 0.25) is 0 Å². The molecular weight excluding hydrogens is 150 g/mol. The summed E-state index contributed by atoms with van der Waals surface area (Å²) in [7, 11) is 0. The minimum atomic E-state index is -0.00347. The molecule has 0 aliphatic carbocycles. The third-order valence-electron chi connectivity index (χ3n) is 3.38. The van der Waals surface area contributed by atoms with Gasteiger partial charge in [0.05, 0.1) is 6.61 Å². The van der Waals surface area contributed by atoms with Crippen LogP contribution in [0.4, 0.5) is 0 Å². The summed E-state index contributed by atoms with van der Waals surface area (Å²) in [6.45, 7) is 8.36. The van der Waals surface area contributed by atoms with Crippen LogP contribution in [0, 0.1) is 11.8 Å². The highest BCUT2D eigenvalue weighted by Gasteiger charge is 2.38. The Bertz CT molecular complexity index is 141. The van der Waals surface area contributed by atoms with Crippen molar-refractivity contribution in [3.05, 3.63) is 0 Å². The molecule has 0 spiro atoms. The minimum Gasteiger partial charge on any atom is -0.381 e. The molecule has 1 fully saturated rings. The van der Waals surface area contributed by atoms with E-state index in [1.807, 2.05) is 0 Å². The maximum Gasteiger partial charge on any atom is 0.0512 e. The van der Waals surface area contributed by atoms with E-state index < -0.39 is 0 Å². The summed E-state index contributed by atoms with van der Waals surface area (Å²) in [6, 6.07) is 0. The molecule has 0 aromatic carbocycles. The quantitative estimate of drug-likeness (QED) is 0.702. The van der Waals surface area contributed by atoms with Crippen LogP contribution in [0.15, 0.2) is 0 Å². The van der Waals surface area contributed by atoms with E-state index in [9.17, 15) is 0 Å². The van der Waals surface area contributed by atoms with Crippen LogP contribution in [0.3, 0.4) is 0 Å². The summed E-state index contributed by atoms with van der Waals surface area (Å²) < 4.78 is 5.38. The molecule has 0 amide bonds. The summed E-state index contributed by atoms with van der Waals surface area (Å²) in [5.41, 5.74) is 6.36. The first kappa shape index (κ1) is 10.0. The lowest BCUT2D eigenvalue weighted by Crippen LogP contribution is -2.51. The minimum absolute atomic E-state index is 0.00347. The van der Waals surface area contributed by atoms with Crippen LogP contribution in [0.5, 0.6) is 0 Å². The Morgan fingerprint density at radius 1 is 1.58 bits per heavy atom. The molecule has 0 saturated carbocycles. The fraction of sp³-hybridized carbons (Fsp3) is 1.00. The van der Waals surface area contributed by atoms with Crippen LogP contribution in [0.25, 0.3) is 0 Å². The van der Waals surface area contributed by atoms with Crippen molar-refractivity contribution in [1.82, 2.24) is 0 Å². The second kappa shape index (κ2) is 3.75. The van der Waals surface area contributed by atoms with E-state index >= 15 is 0 Å². The van der Waals surface area contributed by atoms with E-state index in [-0.39, 0.29) is 5.54 Å². The number of nitrogens with two attached hydrogens (primary N) is 1. The Kier molecular flexibility index (Phi) is 3.13. The highest BCUT2D eigenvalue weighted by atomic mass is 16.5. The second-order valence-electron chi connectivity index (χ2n) is 4.18. The van der Waals surface area contributed by atoms with E-state index in [1.165, 1.54) is 0 Å². The Morgan fingerprint density at radius 2 is 2.25 bits per heavy atom. The van der Waals surface area contributed by atoms with E-state index in [0.717, 1.165) is 26.1 Å². The van der Waals surface area contributed by atoms with E-state index in [2.05, 4.69) is 20.8 Å². The molecule has 2 unspecified atom stereocenters. The first-order chi connectivity index (χ1) is 5.61. The first-order valence-corrected chi connectivity index (χ1v) is 4.98. The second-order valence-corrected chi connectivity index (χ2v) is 4.18. The third-order valence-corrected chi connectivity index (χ3v) is 3.38. The zero-order chi connectivity index (χ0) is 9.19. The summed E-state index contributed by atoms with van der Waals surface area (Å²) in [6.07, 6.45) is 2.20. The van der Waals surface area contributed by atoms with Crippen LogP contribution in [0.1, 0.15) is 33.6 Å². The van der Waals surface area contributed by atoms with Gasteiger partial charge >= 0.3 is 0 Å². The number of hydrogen-bond donors (Lipinski definition) is 1. The monoisotopic (exact) mass is 171 g/mol. The molecule has 0 aromatic rings. The fourth-order valence-electron chi connectivity index (χ4n) is 2.13. The summed E-state index contributed by atoms with van der Waals surface area (Å²) in [4.78, 5) is 0. The Labute approximate surface area is 75.5 Å². The first-order valence-electron chi connectivity index (χ1n) is 4.98. The number of rotatable bonds is 3. The lowest BCUT2D eigenvalue weighted by Gasteiger charge is -2.37. The summed E-state index contributed by atoms with van der Waals surface area (Å²) in [5.74, 6) is 1.12. The van der Waals surface area contributed by atoms with E-state index in [4.69, 9.17) is 10.5 Å². The number of ether oxygens (including phenoxy) is 1. The van der Waals surface area contributed by atoms with Crippen molar-refractivity contribution in [3.8, 4) is 0 Å². The van der Waals surface area contributed by atoms with Gasteiger partial charge in [0.2, 0.25) is 0 Å². The molecule has 1 aliphatic heterocycles. The smallest absolute Gasteiger partial charge is 0.0512 e. The lowest BCUT2D eigenvalue weighted by molar-refractivity contribution is 0.137. The van der Waals surface area contributed by atoms with Gasteiger partial charge in [-0.1, -0.05) is 20.8 Å². The van der Waals surface area contributed by atoms with Crippen LogP contribution in [-0.4, -0.2) is 18.8 Å². The van der Waals surface area contributed by atoms with Crippen molar-refractivity contribution in [1.29, 1.82) is 0 Å². The average molecular weight is 171 g/mol. The molecule has 2 nitrogen and oxygen atoms in total. The molecule has 12 heavy (non-hydrogen) atoms. The van der Waals surface area contributed by atoms with Crippen LogP contribution in [-0.2, 0) is 4.74 Å². The van der Waals surface area contributed by atoms with E-state index in [0.29, 0.717) is 11.8 Å². The largest absolute Gasteiger partial charge is 0.381 e. The van der Waals surface area contributed by atoms with Gasteiger partial charge in [0.25, 0.3) is 0 Å². The topological polar surface area (TPSA) is 35.2 Å². The summed E-state index contributed by atoms with van der Waals surface area (Å²) >= 11 is 0. The predicted molar refractivity (Wildman–Crippen MR) is 51.0 cm³/mol. The van der Waals surface area contributed by atoms with Crippen molar-refractivity contribution in [2.75, 3.05) is 13.2 Å². The molecule has 2 atom stereocenters. The molecule has 2 N–H and O–H groups in total. The molecule has 72 valence electrons. The van der Waals surface area contributed by atoms with Gasteiger partial charge < -0.3 is 10.5 Å². The van der Waals surface area contributed by atoms with Gasteiger partial charge in [-0.05, 0) is 18.8 Å². The fourth-order valence-corrected chi connectivity index (χ4v) is 2.13. The predicted octanol–water partition coefficient (Wildman–Crippen LogP) is 1.79. The van der Waals surface area contributed by atoms with Crippen molar-refractivity contribution in [3.63, 3.8) is 0 Å². The van der Waals surface area contributed by atoms with Gasteiger partial charge in [-0.15, -0.1) is 0 Å². The van der Waals surface area contributed by atoms with Gasteiger partial charge in [0.15, 0.2) is 0 Å². The zero-order valence-electron chi connectivity index (χ0n) is 8.47. The highest BCUT2D eigenvalue weighted by molar-refractivity contribution is 4.94. The van der Waals surface area contributed by atoms with E-state index in [1.54, 1.807) is 0 Å². The lowest BCUT2D eigenvalue weighted by atomic mass is 9.74. The Balaban J connectivity index is 2.64. The molecule has 0 aromatic heterocycles. The molecular formula is C10H21NO. The van der Waals surface area contributed by atoms with Gasteiger partial charge in [-0.3, -0.25) is 0 Å². The standard InChI is InChI=1S/C10H21NO/c1-4-10(11,8(2)3)9-5-6-12-7-9/h8-9H,4-7,11H2,1-3H3. The SMILES string of the molecule is CCC(N)(C(C)C)C1CCOC1. The van der Waals surface area contributed by atoms with Crippen molar-refractivity contribution in [2.45, 2.75) is 39.2 Å². The molecule has 0 bridgehead atoms. The molecule has 2 heteroatoms. The van der Waals surface area contributed by atoms with Crippen LogP contribution < -0.4 is 5.73 Å². The van der Waals surface area contributed by atoms with Crippen molar-refractivity contribution in [2.24, 2.45) is 17.6 Å². The molecule has 0 radical (unpaired) electrons. The Hall–Kier alpha value is -0.0800. The maximum absolute atomic E-state index is 6.37. The highest BCUT2D eigenvalue weighted by Crippen LogP contribution is 2.32. The molecule has 1 rings (SSSR count). The van der Waals surface area contributed by atoms with Gasteiger partial charge in [0, 0.05) is 18.1 Å². The Morgan fingerprint density at radius 3 is 2.58 bits per heavy atom. The van der Waals surface area contributed by atoms with Crippen molar-refractivity contribution >= 4 is 0 Å². The molecule has 1 heterocycles. The average Bonchev–Trinajstić information content (AvgIpc) is 2.54. The normalized spacial score (nSPS) is 29.2. The van der Waals surface area contributed by atoms with Crippen molar-refractivity contribution < 1.29 is 4.74 Å². The molecule has 1 aliphatic rings. The zero-order valence-corrected chi connectivity index (χ0v) is 8.47. The van der Waals surface area contributed by atoms with Gasteiger partial charge in [0.1, 0.15) is 0 Å². The molecule has 1 saturated heterocycles. The third kappa shape index (κ3) is 1.64. The summed E-state index contributed by atoms with van der Waals surface area (Å²) in [5, 5.41) is 0. The van der Waals surface area contributed by atoms with Crippen LogP contribution >= 0.6 is 0 Å². The van der Waals surface area contributed by atoms with Gasteiger partial charge in [-0.25, -0.2) is 0 Å². The maximum atomic E-state index is 6.37. The van der Waals surface area contributed by atoms with Gasteiger partial charge in [-0.2, -0.15) is 0 Å². The number of hydrogen-bond acceptors (Lipinski definition) is 2.